The standard InChI is InChI=1S/C27H35N7O4/c1-14(2)34-24-21(13-30-34)19(25(36)29-12-20-15(3)10-16(4)31-26(20)37)11-22(32-24)18-6-8-33(9-7-18)27(38)23(28)17(5)35/h6,10-11,13-14,17,23,35H,7-9,12,28H2,1-5H3,(H,29,36)(H,31,37)/t17?,23-/m0/s1. The average molecular weight is 522 g/mol. The number of carbonyl (C=O) groups excluding carboxylic acids is 2. The highest BCUT2D eigenvalue weighted by molar-refractivity contribution is 6.06. The monoisotopic (exact) mass is 521 g/mol. The summed E-state index contributed by atoms with van der Waals surface area (Å²) in [5.41, 5.74) is 10.2. The molecule has 202 valence electrons. The Labute approximate surface area is 220 Å². The number of aryl methyl sites for hydroxylation is 2. The number of H-pyrrole nitrogens is 1. The number of nitrogens with one attached hydrogen (secondary N) is 2. The van der Waals surface area contributed by atoms with Gasteiger partial charge in [-0.3, -0.25) is 14.4 Å². The minimum absolute atomic E-state index is 0.0235. The van der Waals surface area contributed by atoms with Crippen LogP contribution in [0.2, 0.25) is 0 Å². The van der Waals surface area contributed by atoms with Gasteiger partial charge in [-0.25, -0.2) is 9.67 Å². The first kappa shape index (κ1) is 27.2. The Morgan fingerprint density at radius 3 is 2.58 bits per heavy atom. The van der Waals surface area contributed by atoms with E-state index in [1.54, 1.807) is 21.8 Å². The summed E-state index contributed by atoms with van der Waals surface area (Å²) in [6.45, 7) is 9.96. The Bertz CT molecular complexity index is 1470. The molecule has 11 heteroatoms. The zero-order valence-electron chi connectivity index (χ0n) is 22.4. The number of nitrogens with two attached hydrogens (primary N) is 1. The van der Waals surface area contributed by atoms with E-state index in [0.29, 0.717) is 47.4 Å². The number of rotatable bonds is 7. The van der Waals surface area contributed by atoms with Gasteiger partial charge in [0.1, 0.15) is 6.04 Å². The molecule has 0 saturated carbocycles. The molecule has 3 aromatic heterocycles. The molecule has 1 aliphatic rings. The molecule has 4 heterocycles. The third-order valence-electron chi connectivity index (χ3n) is 6.87. The van der Waals surface area contributed by atoms with E-state index in [-0.39, 0.29) is 30.0 Å². The summed E-state index contributed by atoms with van der Waals surface area (Å²) in [7, 11) is 0. The van der Waals surface area contributed by atoms with Gasteiger partial charge in [-0.2, -0.15) is 5.10 Å². The predicted octanol–water partition coefficient (Wildman–Crippen LogP) is 1.57. The fraction of sp³-hybridized carbons (Fsp3) is 0.444. The van der Waals surface area contributed by atoms with Gasteiger partial charge in [-0.1, -0.05) is 6.08 Å². The number of aliphatic hydroxyl groups is 1. The van der Waals surface area contributed by atoms with Crippen molar-refractivity contribution in [3.8, 4) is 0 Å². The summed E-state index contributed by atoms with van der Waals surface area (Å²) in [5, 5.41) is 17.6. The van der Waals surface area contributed by atoms with E-state index in [1.807, 2.05) is 39.8 Å². The van der Waals surface area contributed by atoms with Gasteiger partial charge in [0.15, 0.2) is 5.65 Å². The summed E-state index contributed by atoms with van der Waals surface area (Å²) >= 11 is 0. The maximum Gasteiger partial charge on any atom is 0.253 e. The third-order valence-corrected chi connectivity index (χ3v) is 6.87. The smallest absolute Gasteiger partial charge is 0.253 e. The molecule has 0 bridgehead atoms. The predicted molar refractivity (Wildman–Crippen MR) is 144 cm³/mol. The molecule has 4 rings (SSSR count). The lowest BCUT2D eigenvalue weighted by Crippen LogP contribution is -2.50. The quantitative estimate of drug-likeness (QED) is 0.367. The fourth-order valence-corrected chi connectivity index (χ4v) is 4.63. The third kappa shape index (κ3) is 5.39. The first-order valence-corrected chi connectivity index (χ1v) is 12.8. The Balaban J connectivity index is 1.66. The second-order valence-electron chi connectivity index (χ2n) is 10.1. The van der Waals surface area contributed by atoms with Crippen molar-refractivity contribution in [1.82, 2.24) is 30.0 Å². The first-order valence-electron chi connectivity index (χ1n) is 12.8. The van der Waals surface area contributed by atoms with Crippen molar-refractivity contribution in [2.45, 2.75) is 65.8 Å². The number of nitrogens with zero attached hydrogens (tertiary/aromatic N) is 4. The van der Waals surface area contributed by atoms with Gasteiger partial charge in [0.2, 0.25) is 5.91 Å². The average Bonchev–Trinajstić information content (AvgIpc) is 3.31. The number of aromatic nitrogens is 4. The Morgan fingerprint density at radius 2 is 1.97 bits per heavy atom. The molecule has 2 amide bonds. The van der Waals surface area contributed by atoms with E-state index >= 15 is 0 Å². The van der Waals surface area contributed by atoms with E-state index in [1.165, 1.54) is 6.92 Å². The van der Waals surface area contributed by atoms with Crippen molar-refractivity contribution >= 4 is 28.4 Å². The Hall–Kier alpha value is -3.83. The number of carbonyl (C=O) groups is 2. The van der Waals surface area contributed by atoms with Gasteiger partial charge in [0, 0.05) is 36.9 Å². The highest BCUT2D eigenvalue weighted by Crippen LogP contribution is 2.27. The zero-order valence-corrected chi connectivity index (χ0v) is 22.4. The highest BCUT2D eigenvalue weighted by atomic mass is 16.3. The summed E-state index contributed by atoms with van der Waals surface area (Å²) in [6.07, 6.45) is 3.12. The van der Waals surface area contributed by atoms with Crippen LogP contribution in [0.15, 0.2) is 29.2 Å². The van der Waals surface area contributed by atoms with Crippen LogP contribution in [-0.2, 0) is 11.3 Å². The first-order chi connectivity index (χ1) is 18.0. The van der Waals surface area contributed by atoms with Crippen molar-refractivity contribution in [3.63, 3.8) is 0 Å². The lowest BCUT2D eigenvalue weighted by Gasteiger charge is -2.29. The lowest BCUT2D eigenvalue weighted by molar-refractivity contribution is -0.134. The van der Waals surface area contributed by atoms with Crippen LogP contribution in [0.4, 0.5) is 0 Å². The number of fused-ring (bicyclic) bond motifs is 1. The molecule has 0 aromatic carbocycles. The molecule has 0 aliphatic carbocycles. The van der Waals surface area contributed by atoms with E-state index < -0.39 is 12.1 Å². The van der Waals surface area contributed by atoms with Crippen molar-refractivity contribution in [3.05, 3.63) is 62.8 Å². The molecule has 0 spiro atoms. The summed E-state index contributed by atoms with van der Waals surface area (Å²) in [4.78, 5) is 47.6. The number of aliphatic hydroxyl groups excluding tert-OH is 1. The van der Waals surface area contributed by atoms with E-state index in [4.69, 9.17) is 10.7 Å². The van der Waals surface area contributed by atoms with Crippen molar-refractivity contribution in [2.24, 2.45) is 5.73 Å². The minimum atomic E-state index is -0.973. The van der Waals surface area contributed by atoms with E-state index in [9.17, 15) is 19.5 Å². The van der Waals surface area contributed by atoms with Crippen LogP contribution in [-0.4, -0.2) is 66.8 Å². The summed E-state index contributed by atoms with van der Waals surface area (Å²) in [6, 6.07) is 2.66. The molecule has 1 aliphatic heterocycles. The molecule has 5 N–H and O–H groups in total. The van der Waals surface area contributed by atoms with Crippen LogP contribution in [0.3, 0.4) is 0 Å². The maximum atomic E-state index is 13.4. The van der Waals surface area contributed by atoms with Crippen molar-refractivity contribution < 1.29 is 14.7 Å². The molecule has 38 heavy (non-hydrogen) atoms. The molecular formula is C27H35N7O4. The number of amides is 2. The van der Waals surface area contributed by atoms with Crippen LogP contribution in [0.25, 0.3) is 16.6 Å². The molecule has 0 radical (unpaired) electrons. The number of aromatic amines is 1. The molecule has 3 aromatic rings. The minimum Gasteiger partial charge on any atom is -0.391 e. The van der Waals surface area contributed by atoms with Gasteiger partial charge >= 0.3 is 0 Å². The summed E-state index contributed by atoms with van der Waals surface area (Å²) < 4.78 is 1.77. The molecule has 0 fully saturated rings. The molecule has 0 saturated heterocycles. The van der Waals surface area contributed by atoms with Gasteiger partial charge < -0.3 is 26.0 Å². The van der Waals surface area contributed by atoms with Gasteiger partial charge in [0.25, 0.3) is 11.5 Å². The largest absolute Gasteiger partial charge is 0.391 e. The van der Waals surface area contributed by atoms with Crippen LogP contribution in [0, 0.1) is 13.8 Å². The zero-order chi connectivity index (χ0) is 27.7. The van der Waals surface area contributed by atoms with E-state index in [2.05, 4.69) is 15.4 Å². The molecule has 2 atom stereocenters. The Morgan fingerprint density at radius 1 is 1.24 bits per heavy atom. The summed E-state index contributed by atoms with van der Waals surface area (Å²) in [5.74, 6) is -0.643. The number of pyridine rings is 2. The molecular weight excluding hydrogens is 486 g/mol. The number of hydrogen-bond donors (Lipinski definition) is 4. The Kier molecular flexibility index (Phi) is 7.79. The van der Waals surface area contributed by atoms with E-state index in [0.717, 1.165) is 16.8 Å². The SMILES string of the molecule is Cc1cc(C)c(CNC(=O)c2cc(C3=CCN(C(=O)[C@@H](N)C(C)O)CC3)nc3c2cnn3C(C)C)c(=O)[nH]1. The second kappa shape index (κ2) is 10.9. The van der Waals surface area contributed by atoms with Gasteiger partial charge in [-0.05, 0) is 64.3 Å². The number of hydrogen-bond acceptors (Lipinski definition) is 7. The fourth-order valence-electron chi connectivity index (χ4n) is 4.63. The topological polar surface area (TPSA) is 159 Å². The van der Waals surface area contributed by atoms with Crippen LogP contribution in [0.1, 0.15) is 66.1 Å². The van der Waals surface area contributed by atoms with Crippen molar-refractivity contribution in [2.75, 3.05) is 13.1 Å². The van der Waals surface area contributed by atoms with Crippen molar-refractivity contribution in [1.29, 1.82) is 0 Å². The maximum absolute atomic E-state index is 13.4. The second-order valence-corrected chi connectivity index (χ2v) is 10.1. The van der Waals surface area contributed by atoms with Gasteiger partial charge in [-0.15, -0.1) is 0 Å². The highest BCUT2D eigenvalue weighted by Gasteiger charge is 2.27. The molecule has 1 unspecified atom stereocenters. The molecule has 11 nitrogen and oxygen atoms in total. The lowest BCUT2D eigenvalue weighted by atomic mass is 10.0. The normalized spacial score (nSPS) is 15.5. The van der Waals surface area contributed by atoms with Crippen LogP contribution < -0.4 is 16.6 Å². The van der Waals surface area contributed by atoms with Crippen LogP contribution in [0.5, 0.6) is 0 Å². The van der Waals surface area contributed by atoms with Crippen LogP contribution >= 0.6 is 0 Å². The van der Waals surface area contributed by atoms with Gasteiger partial charge in [0.05, 0.1) is 28.9 Å².